The van der Waals surface area contributed by atoms with Crippen molar-refractivity contribution in [2.45, 2.75) is 17.9 Å². The number of carboxylic acid groups (broad SMARTS) is 1. The molecule has 0 bridgehead atoms. The molecule has 1 rings (SSSR count). The molecule has 0 spiro atoms. The number of carboxylic acids is 1. The summed E-state index contributed by atoms with van der Waals surface area (Å²) in [6.45, 7) is 1.13. The molecular weight excluding hydrogens is 254 g/mol. The number of nitrogens with one attached hydrogen (secondary N) is 1. The average Bonchev–Trinajstić information content (AvgIpc) is 2.35. The Balaban J connectivity index is 2.93. The predicted octanol–water partition coefficient (Wildman–Crippen LogP) is 0.892. The first-order valence-electron chi connectivity index (χ1n) is 5.28. The van der Waals surface area contributed by atoms with Gasteiger partial charge in [0.2, 0.25) is 0 Å². The number of benzene rings is 1. The number of rotatable bonds is 5. The van der Waals surface area contributed by atoms with Gasteiger partial charge in [-0.15, -0.1) is 11.8 Å². The zero-order valence-corrected chi connectivity index (χ0v) is 11.0. The fraction of sp³-hybridized carbons (Fsp3) is 0.333. The summed E-state index contributed by atoms with van der Waals surface area (Å²) in [5.41, 5.74) is 1.17. The van der Waals surface area contributed by atoms with Gasteiger partial charge in [0.15, 0.2) is 6.04 Å². The van der Waals surface area contributed by atoms with Crippen LogP contribution in [0, 0.1) is 6.92 Å². The molecule has 0 aliphatic heterocycles. The Bertz CT molecular complexity index is 461. The molecule has 0 radical (unpaired) electrons. The molecule has 1 atom stereocenters. The summed E-state index contributed by atoms with van der Waals surface area (Å²) >= 11 is 1.49. The third kappa shape index (κ3) is 3.48. The van der Waals surface area contributed by atoms with Gasteiger partial charge in [-0.1, -0.05) is 6.07 Å². The molecule has 0 saturated carbocycles. The molecule has 5 nitrogen and oxygen atoms in total. The molecule has 0 heterocycles. The van der Waals surface area contributed by atoms with Crippen molar-refractivity contribution in [2.24, 2.45) is 0 Å². The molecule has 1 unspecified atom stereocenters. The van der Waals surface area contributed by atoms with Crippen molar-refractivity contribution in [2.75, 3.05) is 12.9 Å². The summed E-state index contributed by atoms with van der Waals surface area (Å²) in [5.74, 6) is -1.76. The van der Waals surface area contributed by atoms with Crippen molar-refractivity contribution in [3.05, 3.63) is 29.3 Å². The Morgan fingerprint density at radius 1 is 1.44 bits per heavy atom. The van der Waals surface area contributed by atoms with Crippen molar-refractivity contribution < 1.29 is 19.8 Å². The number of aliphatic carboxylic acids is 1. The number of aliphatic hydroxyl groups excluding tert-OH is 1. The minimum absolute atomic E-state index is 0.418. The molecule has 0 saturated heterocycles. The van der Waals surface area contributed by atoms with E-state index in [2.05, 4.69) is 5.32 Å². The fourth-order valence-electron chi connectivity index (χ4n) is 1.39. The Morgan fingerprint density at radius 3 is 2.61 bits per heavy atom. The zero-order chi connectivity index (χ0) is 13.7. The maximum absolute atomic E-state index is 11.9. The molecule has 1 aromatic carbocycles. The van der Waals surface area contributed by atoms with Crippen molar-refractivity contribution in [1.29, 1.82) is 0 Å². The number of hydrogen-bond donors (Lipinski definition) is 3. The van der Waals surface area contributed by atoms with Gasteiger partial charge in [-0.05, 0) is 30.9 Å². The van der Waals surface area contributed by atoms with Crippen LogP contribution in [0.1, 0.15) is 15.9 Å². The van der Waals surface area contributed by atoms with Crippen LogP contribution in [-0.2, 0) is 4.79 Å². The largest absolute Gasteiger partial charge is 0.480 e. The first kappa shape index (κ1) is 14.5. The number of hydrogen-bond acceptors (Lipinski definition) is 4. The maximum Gasteiger partial charge on any atom is 0.328 e. The molecule has 0 fully saturated rings. The number of amides is 1. The van der Waals surface area contributed by atoms with E-state index >= 15 is 0 Å². The van der Waals surface area contributed by atoms with Gasteiger partial charge in [-0.3, -0.25) is 4.79 Å². The molecule has 0 aliphatic carbocycles. The highest BCUT2D eigenvalue weighted by molar-refractivity contribution is 7.98. The minimum atomic E-state index is -1.28. The van der Waals surface area contributed by atoms with Gasteiger partial charge in [0.25, 0.3) is 5.91 Å². The Kier molecular flexibility index (Phi) is 5.18. The fourth-order valence-corrected chi connectivity index (χ4v) is 1.83. The van der Waals surface area contributed by atoms with Gasteiger partial charge >= 0.3 is 5.97 Å². The predicted molar refractivity (Wildman–Crippen MR) is 68.9 cm³/mol. The van der Waals surface area contributed by atoms with Gasteiger partial charge in [-0.25, -0.2) is 4.79 Å². The van der Waals surface area contributed by atoms with Crippen LogP contribution in [0.3, 0.4) is 0 Å². The van der Waals surface area contributed by atoms with Crippen LogP contribution in [0.2, 0.25) is 0 Å². The lowest BCUT2D eigenvalue weighted by molar-refractivity contribution is -0.140. The van der Waals surface area contributed by atoms with E-state index in [9.17, 15) is 9.59 Å². The number of aryl methyl sites for hydroxylation is 1. The monoisotopic (exact) mass is 269 g/mol. The molecule has 98 valence electrons. The summed E-state index contributed by atoms with van der Waals surface area (Å²) in [6.07, 6.45) is 1.89. The van der Waals surface area contributed by atoms with Gasteiger partial charge in [-0.2, -0.15) is 0 Å². The standard InChI is InChI=1S/C12H15NO4S/c1-7-3-4-8(18-2)5-9(7)11(15)13-10(6-14)12(16)17/h3-5,10,14H,6H2,1-2H3,(H,13,15)(H,16,17). The number of carbonyl (C=O) groups is 2. The van der Waals surface area contributed by atoms with Crippen LogP contribution >= 0.6 is 11.8 Å². The van der Waals surface area contributed by atoms with Crippen molar-refractivity contribution in [3.63, 3.8) is 0 Å². The van der Waals surface area contributed by atoms with E-state index < -0.39 is 24.5 Å². The lowest BCUT2D eigenvalue weighted by atomic mass is 10.1. The van der Waals surface area contributed by atoms with Crippen LogP contribution in [0.5, 0.6) is 0 Å². The first-order chi connectivity index (χ1) is 8.49. The van der Waals surface area contributed by atoms with Crippen molar-refractivity contribution in [3.8, 4) is 0 Å². The van der Waals surface area contributed by atoms with E-state index in [4.69, 9.17) is 10.2 Å². The van der Waals surface area contributed by atoms with Crippen molar-refractivity contribution >= 4 is 23.6 Å². The lowest BCUT2D eigenvalue weighted by Gasteiger charge is -2.13. The second kappa shape index (κ2) is 6.42. The summed E-state index contributed by atoms with van der Waals surface area (Å²) in [6, 6.07) is 4.10. The smallest absolute Gasteiger partial charge is 0.328 e. The Hall–Kier alpha value is -1.53. The molecule has 6 heteroatoms. The zero-order valence-electron chi connectivity index (χ0n) is 10.1. The van der Waals surface area contributed by atoms with Gasteiger partial charge < -0.3 is 15.5 Å². The highest BCUT2D eigenvalue weighted by atomic mass is 32.2. The minimum Gasteiger partial charge on any atom is -0.480 e. The molecule has 3 N–H and O–H groups in total. The summed E-state index contributed by atoms with van der Waals surface area (Å²) in [5, 5.41) is 19.9. The number of carbonyl (C=O) groups excluding carboxylic acids is 1. The summed E-state index contributed by atoms with van der Waals surface area (Å²) in [4.78, 5) is 23.6. The maximum atomic E-state index is 11.9. The normalized spacial score (nSPS) is 11.9. The molecular formula is C12H15NO4S. The molecule has 18 heavy (non-hydrogen) atoms. The van der Waals surface area contributed by atoms with Gasteiger partial charge in [0.1, 0.15) is 0 Å². The number of thioether (sulfide) groups is 1. The van der Waals surface area contributed by atoms with Crippen LogP contribution in [0.15, 0.2) is 23.1 Å². The summed E-state index contributed by atoms with van der Waals surface area (Å²) < 4.78 is 0. The highest BCUT2D eigenvalue weighted by Crippen LogP contribution is 2.19. The SMILES string of the molecule is CSc1ccc(C)c(C(=O)NC(CO)C(=O)O)c1. The Morgan fingerprint density at radius 2 is 2.11 bits per heavy atom. The molecule has 0 aliphatic rings. The van der Waals surface area contributed by atoms with E-state index in [1.807, 2.05) is 12.3 Å². The average molecular weight is 269 g/mol. The second-order valence-electron chi connectivity index (χ2n) is 3.73. The Labute approximate surface area is 109 Å². The second-order valence-corrected chi connectivity index (χ2v) is 4.61. The van der Waals surface area contributed by atoms with Crippen LogP contribution < -0.4 is 5.32 Å². The van der Waals surface area contributed by atoms with Crippen molar-refractivity contribution in [1.82, 2.24) is 5.32 Å². The quantitative estimate of drug-likeness (QED) is 0.691. The van der Waals surface area contributed by atoms with E-state index in [1.54, 1.807) is 19.1 Å². The topological polar surface area (TPSA) is 86.6 Å². The van der Waals surface area contributed by atoms with Gasteiger partial charge in [0, 0.05) is 10.5 Å². The van der Waals surface area contributed by atoms with Crippen LogP contribution in [0.25, 0.3) is 0 Å². The van der Waals surface area contributed by atoms with Crippen LogP contribution in [-0.4, -0.2) is 41.0 Å². The molecule has 1 amide bonds. The van der Waals surface area contributed by atoms with E-state index in [0.29, 0.717) is 5.56 Å². The third-order valence-corrected chi connectivity index (χ3v) is 3.20. The third-order valence-electron chi connectivity index (χ3n) is 2.48. The van der Waals surface area contributed by atoms with Gasteiger partial charge in [0.05, 0.1) is 6.61 Å². The van der Waals surface area contributed by atoms with Crippen LogP contribution in [0.4, 0.5) is 0 Å². The lowest BCUT2D eigenvalue weighted by Crippen LogP contribution is -2.43. The first-order valence-corrected chi connectivity index (χ1v) is 6.51. The highest BCUT2D eigenvalue weighted by Gasteiger charge is 2.20. The molecule has 0 aromatic heterocycles. The van der Waals surface area contributed by atoms with E-state index in [0.717, 1.165) is 10.5 Å². The molecule has 1 aromatic rings. The van der Waals surface area contributed by atoms with E-state index in [-0.39, 0.29) is 0 Å². The summed E-state index contributed by atoms with van der Waals surface area (Å²) in [7, 11) is 0. The number of aliphatic hydroxyl groups is 1. The van der Waals surface area contributed by atoms with E-state index in [1.165, 1.54) is 11.8 Å².